The number of fused-ring (bicyclic) bond motifs is 2. The third-order valence-electron chi connectivity index (χ3n) is 7.00. The summed E-state index contributed by atoms with van der Waals surface area (Å²) in [6, 6.07) is 21.0. The van der Waals surface area contributed by atoms with Gasteiger partial charge in [0.25, 0.3) is 0 Å². The Morgan fingerprint density at radius 3 is 2.49 bits per heavy atom. The van der Waals surface area contributed by atoms with E-state index in [2.05, 4.69) is 4.98 Å². The van der Waals surface area contributed by atoms with E-state index in [1.54, 1.807) is 37.3 Å². The summed E-state index contributed by atoms with van der Waals surface area (Å²) < 4.78 is 11.3. The lowest BCUT2D eigenvalue weighted by Gasteiger charge is -2.31. The standard InChI is InChI=1S/C30H23ClN2O6S2/c1-2-38-29(36)17-8-11-19(12-9-17)33-27(34)23-22(24-26(32-30(37)41-24)40-25(23)28(33)35)20-14-18(31)10-13-21(20)39-15-16-6-4-3-5-7-16/h3-14,22-23,25H,2,15H2,1H3,(H,32,37)/t22-,23-,25+/m0/s1. The second kappa shape index (κ2) is 11.2. The molecule has 0 spiro atoms. The van der Waals surface area contributed by atoms with Crippen molar-refractivity contribution in [1.82, 2.24) is 4.98 Å². The zero-order chi connectivity index (χ0) is 28.7. The van der Waals surface area contributed by atoms with Crippen molar-refractivity contribution in [2.45, 2.75) is 29.7 Å². The lowest BCUT2D eigenvalue weighted by molar-refractivity contribution is -0.122. The molecular formula is C30H23ClN2O6S2. The largest absolute Gasteiger partial charge is 0.489 e. The molecule has 1 saturated heterocycles. The molecule has 6 rings (SSSR count). The van der Waals surface area contributed by atoms with Gasteiger partial charge in [-0.05, 0) is 55.0 Å². The second-order valence-electron chi connectivity index (χ2n) is 9.49. The summed E-state index contributed by atoms with van der Waals surface area (Å²) in [5.74, 6) is -2.23. The first-order valence-electron chi connectivity index (χ1n) is 12.9. The number of aromatic nitrogens is 1. The van der Waals surface area contributed by atoms with E-state index in [1.165, 1.54) is 23.9 Å². The summed E-state index contributed by atoms with van der Waals surface area (Å²) in [7, 11) is 0. The molecule has 2 amide bonds. The Morgan fingerprint density at radius 2 is 1.76 bits per heavy atom. The summed E-state index contributed by atoms with van der Waals surface area (Å²) in [6.45, 7) is 2.24. The number of carbonyl (C=O) groups is 3. The quantitative estimate of drug-likeness (QED) is 0.214. The minimum Gasteiger partial charge on any atom is -0.489 e. The molecule has 2 aliphatic heterocycles. The van der Waals surface area contributed by atoms with Crippen molar-refractivity contribution in [3.8, 4) is 5.75 Å². The molecule has 1 N–H and O–H groups in total. The van der Waals surface area contributed by atoms with E-state index < -0.39 is 34.9 Å². The van der Waals surface area contributed by atoms with Crippen LogP contribution in [0.3, 0.4) is 0 Å². The number of thiazole rings is 1. The first-order valence-corrected chi connectivity index (χ1v) is 14.9. The number of anilines is 1. The number of hydrogen-bond donors (Lipinski definition) is 1. The third kappa shape index (κ3) is 5.07. The van der Waals surface area contributed by atoms with Crippen LogP contribution in [-0.2, 0) is 20.9 Å². The average Bonchev–Trinajstić information content (AvgIpc) is 3.47. The van der Waals surface area contributed by atoms with Crippen LogP contribution in [0.5, 0.6) is 5.75 Å². The predicted molar refractivity (Wildman–Crippen MR) is 157 cm³/mol. The van der Waals surface area contributed by atoms with Crippen LogP contribution in [0.1, 0.15) is 39.2 Å². The van der Waals surface area contributed by atoms with E-state index in [0.717, 1.165) is 21.8 Å². The van der Waals surface area contributed by atoms with E-state index >= 15 is 0 Å². The topological polar surface area (TPSA) is 106 Å². The van der Waals surface area contributed by atoms with E-state index in [-0.39, 0.29) is 18.1 Å². The lowest BCUT2D eigenvalue weighted by atomic mass is 9.82. The van der Waals surface area contributed by atoms with Crippen LogP contribution < -0.4 is 14.5 Å². The molecule has 2 aliphatic rings. The molecule has 0 unspecified atom stereocenters. The second-order valence-corrected chi connectivity index (χ2v) is 12.1. The number of esters is 1. The van der Waals surface area contributed by atoms with Crippen LogP contribution in [0.2, 0.25) is 5.02 Å². The number of nitrogens with zero attached hydrogens (tertiary/aromatic N) is 1. The smallest absolute Gasteiger partial charge is 0.338 e. The molecule has 0 bridgehead atoms. The Balaban J connectivity index is 1.40. The van der Waals surface area contributed by atoms with Gasteiger partial charge >= 0.3 is 10.8 Å². The first-order chi connectivity index (χ1) is 19.9. The van der Waals surface area contributed by atoms with Gasteiger partial charge in [-0.15, -0.1) is 0 Å². The molecular weight excluding hydrogens is 584 g/mol. The Labute approximate surface area is 248 Å². The Hall–Kier alpha value is -3.86. The number of H-pyrrole nitrogens is 1. The third-order valence-corrected chi connectivity index (χ3v) is 9.64. The first kappa shape index (κ1) is 27.3. The van der Waals surface area contributed by atoms with Gasteiger partial charge in [0, 0.05) is 21.4 Å². The molecule has 1 aromatic heterocycles. The minimum atomic E-state index is -0.811. The van der Waals surface area contributed by atoms with Gasteiger partial charge in [0.2, 0.25) is 11.8 Å². The number of aromatic amines is 1. The number of ether oxygens (including phenoxy) is 2. The van der Waals surface area contributed by atoms with Gasteiger partial charge in [-0.1, -0.05) is 65.0 Å². The fraction of sp³-hybridized carbons (Fsp3) is 0.200. The number of amides is 2. The maximum absolute atomic E-state index is 14.1. The van der Waals surface area contributed by atoms with Crippen molar-refractivity contribution in [3.05, 3.63) is 109 Å². The SMILES string of the molecule is CCOC(=O)c1ccc(N2C(=O)[C@H]3[C@H](c4cc(Cl)ccc4OCc4ccccc4)c4sc(=O)[nH]c4S[C@H]3C2=O)cc1. The van der Waals surface area contributed by atoms with Crippen LogP contribution >= 0.6 is 34.7 Å². The van der Waals surface area contributed by atoms with Crippen molar-refractivity contribution in [2.75, 3.05) is 11.5 Å². The number of imide groups is 1. The van der Waals surface area contributed by atoms with Gasteiger partial charge < -0.3 is 14.5 Å². The highest BCUT2D eigenvalue weighted by Gasteiger charge is 2.56. The molecule has 1 fully saturated rings. The average molecular weight is 607 g/mol. The number of nitrogens with one attached hydrogen (secondary N) is 1. The van der Waals surface area contributed by atoms with E-state index in [1.807, 2.05) is 30.3 Å². The van der Waals surface area contributed by atoms with Gasteiger partial charge in [-0.3, -0.25) is 14.4 Å². The zero-order valence-corrected chi connectivity index (χ0v) is 24.1. The van der Waals surface area contributed by atoms with Crippen LogP contribution in [0.4, 0.5) is 5.69 Å². The molecule has 0 aliphatic carbocycles. The fourth-order valence-electron chi connectivity index (χ4n) is 5.20. The molecule has 8 nitrogen and oxygen atoms in total. The highest BCUT2D eigenvalue weighted by atomic mass is 35.5. The monoisotopic (exact) mass is 606 g/mol. The molecule has 3 aromatic carbocycles. The Kier molecular flexibility index (Phi) is 7.46. The van der Waals surface area contributed by atoms with Crippen molar-refractivity contribution < 1.29 is 23.9 Å². The maximum atomic E-state index is 14.1. The fourth-order valence-corrected chi connectivity index (χ4v) is 7.88. The minimum absolute atomic E-state index is 0.235. The normalized spacial score (nSPS) is 19.6. The van der Waals surface area contributed by atoms with Gasteiger partial charge in [0.1, 0.15) is 17.6 Å². The number of thioether (sulfide) groups is 1. The Morgan fingerprint density at radius 1 is 1.00 bits per heavy atom. The molecule has 3 atom stereocenters. The van der Waals surface area contributed by atoms with E-state index in [9.17, 15) is 19.2 Å². The van der Waals surface area contributed by atoms with Gasteiger partial charge in [-0.25, -0.2) is 9.69 Å². The number of carbonyl (C=O) groups excluding carboxylic acids is 3. The summed E-state index contributed by atoms with van der Waals surface area (Å²) in [5.41, 5.74) is 2.26. The van der Waals surface area contributed by atoms with Crippen molar-refractivity contribution in [3.63, 3.8) is 0 Å². The summed E-state index contributed by atoms with van der Waals surface area (Å²) in [4.78, 5) is 56.8. The number of benzene rings is 3. The van der Waals surface area contributed by atoms with Crippen LogP contribution in [0.15, 0.2) is 82.6 Å². The maximum Gasteiger partial charge on any atom is 0.338 e. The van der Waals surface area contributed by atoms with Crippen LogP contribution in [0.25, 0.3) is 0 Å². The highest BCUT2D eigenvalue weighted by Crippen LogP contribution is 2.54. The molecule has 41 heavy (non-hydrogen) atoms. The number of hydrogen-bond acceptors (Lipinski definition) is 8. The van der Waals surface area contributed by atoms with E-state index in [4.69, 9.17) is 21.1 Å². The summed E-state index contributed by atoms with van der Waals surface area (Å²) >= 11 is 8.66. The van der Waals surface area contributed by atoms with E-state index in [0.29, 0.717) is 37.5 Å². The van der Waals surface area contributed by atoms with Crippen molar-refractivity contribution in [1.29, 1.82) is 0 Å². The molecule has 4 aromatic rings. The molecule has 208 valence electrons. The van der Waals surface area contributed by atoms with Gasteiger partial charge in [-0.2, -0.15) is 0 Å². The molecule has 0 saturated carbocycles. The van der Waals surface area contributed by atoms with Crippen LogP contribution in [0, 0.1) is 5.92 Å². The van der Waals surface area contributed by atoms with Crippen molar-refractivity contribution >= 4 is 58.2 Å². The van der Waals surface area contributed by atoms with Crippen molar-refractivity contribution in [2.24, 2.45) is 5.92 Å². The number of rotatable bonds is 7. The molecule has 0 radical (unpaired) electrons. The highest BCUT2D eigenvalue weighted by molar-refractivity contribution is 8.00. The zero-order valence-electron chi connectivity index (χ0n) is 21.7. The lowest BCUT2D eigenvalue weighted by Crippen LogP contribution is -2.32. The van der Waals surface area contributed by atoms with Gasteiger partial charge in [0.05, 0.1) is 28.8 Å². The van der Waals surface area contributed by atoms with Crippen LogP contribution in [-0.4, -0.2) is 34.6 Å². The predicted octanol–water partition coefficient (Wildman–Crippen LogP) is 5.64. The summed E-state index contributed by atoms with van der Waals surface area (Å²) in [6.07, 6.45) is 0. The molecule has 3 heterocycles. The number of halogens is 1. The van der Waals surface area contributed by atoms with Gasteiger partial charge in [0.15, 0.2) is 0 Å². The molecule has 11 heteroatoms. The Bertz CT molecular complexity index is 1700. The summed E-state index contributed by atoms with van der Waals surface area (Å²) in [5, 5.41) is 0.214.